The number of benzene rings is 1. The van der Waals surface area contributed by atoms with Gasteiger partial charge in [-0.25, -0.2) is 4.98 Å². The van der Waals surface area contributed by atoms with E-state index in [0.29, 0.717) is 17.0 Å². The smallest absolute Gasteiger partial charge is 0.254 e. The van der Waals surface area contributed by atoms with Gasteiger partial charge in [0, 0.05) is 30.1 Å². The first-order chi connectivity index (χ1) is 14.0. The van der Waals surface area contributed by atoms with E-state index in [1.54, 1.807) is 13.1 Å². The minimum atomic E-state index is -0.194. The van der Waals surface area contributed by atoms with Crippen LogP contribution in [0.25, 0.3) is 22.2 Å². The van der Waals surface area contributed by atoms with Gasteiger partial charge in [-0.2, -0.15) is 5.26 Å². The number of pyridine rings is 1. The molecule has 1 aliphatic rings. The van der Waals surface area contributed by atoms with Gasteiger partial charge >= 0.3 is 0 Å². The number of anilines is 1. The zero-order chi connectivity index (χ0) is 20.5. The lowest BCUT2D eigenvalue weighted by Gasteiger charge is -2.15. The van der Waals surface area contributed by atoms with Gasteiger partial charge < -0.3 is 15.2 Å². The molecule has 4 rings (SSSR count). The van der Waals surface area contributed by atoms with Gasteiger partial charge in [0.25, 0.3) is 5.91 Å². The van der Waals surface area contributed by atoms with Crippen LogP contribution in [0.5, 0.6) is 0 Å². The number of nitrogens with zero attached hydrogens (tertiary/aromatic N) is 3. The molecule has 7 heteroatoms. The average molecular weight is 387 g/mol. The highest BCUT2D eigenvalue weighted by molar-refractivity contribution is 6.00. The van der Waals surface area contributed by atoms with Crippen molar-refractivity contribution in [3.8, 4) is 17.2 Å². The summed E-state index contributed by atoms with van der Waals surface area (Å²) in [5.41, 5.74) is 4.05. The zero-order valence-electron chi connectivity index (χ0n) is 16.3. The Bertz CT molecular complexity index is 1150. The van der Waals surface area contributed by atoms with Crippen molar-refractivity contribution in [1.29, 1.82) is 5.26 Å². The van der Waals surface area contributed by atoms with Crippen molar-refractivity contribution < 1.29 is 9.59 Å². The summed E-state index contributed by atoms with van der Waals surface area (Å²) in [4.78, 5) is 33.6. The number of H-pyrrole nitrogens is 1. The van der Waals surface area contributed by atoms with Gasteiger partial charge in [-0.3, -0.25) is 9.59 Å². The quantitative estimate of drug-likeness (QED) is 0.654. The number of fused-ring (bicyclic) bond motifs is 1. The fourth-order valence-electron chi connectivity index (χ4n) is 3.40. The molecule has 146 valence electrons. The van der Waals surface area contributed by atoms with Crippen molar-refractivity contribution in [1.82, 2.24) is 14.9 Å². The zero-order valence-corrected chi connectivity index (χ0v) is 16.3. The maximum atomic E-state index is 12.5. The number of hydrogen-bond donors (Lipinski definition) is 2. The molecule has 0 atom stereocenters. The van der Waals surface area contributed by atoms with E-state index < -0.39 is 0 Å². The highest BCUT2D eigenvalue weighted by atomic mass is 16.2. The molecule has 0 spiro atoms. The Morgan fingerprint density at radius 3 is 2.76 bits per heavy atom. The van der Waals surface area contributed by atoms with Crippen LogP contribution in [0.2, 0.25) is 0 Å². The molecule has 0 aliphatic heterocycles. The molecule has 1 saturated carbocycles. The lowest BCUT2D eigenvalue weighted by atomic mass is 9.96. The van der Waals surface area contributed by atoms with Crippen molar-refractivity contribution >= 4 is 28.7 Å². The molecule has 29 heavy (non-hydrogen) atoms. The summed E-state index contributed by atoms with van der Waals surface area (Å²) in [6.45, 7) is 1.98. The van der Waals surface area contributed by atoms with Crippen LogP contribution >= 0.6 is 0 Å². The van der Waals surface area contributed by atoms with E-state index in [2.05, 4.69) is 15.3 Å². The lowest BCUT2D eigenvalue weighted by Crippen LogP contribution is -2.26. The number of aromatic amines is 1. The standard InChI is InChI=1S/C22H21N5O2/c1-13-11-15(22(29)27(2)10-8-23)5-6-16(13)18-12-19(26-21(28)14-3-4-14)25-20-17(18)7-9-24-20/h5-7,9,11-12,14H,3-4,10H2,1-2H3,(H2,24,25,26,28). The fourth-order valence-corrected chi connectivity index (χ4v) is 3.40. The van der Waals surface area contributed by atoms with Crippen molar-refractivity contribution in [2.75, 3.05) is 18.9 Å². The molecule has 1 aliphatic carbocycles. The lowest BCUT2D eigenvalue weighted by molar-refractivity contribution is -0.117. The predicted octanol–water partition coefficient (Wildman–Crippen LogP) is 3.48. The minimum absolute atomic E-state index is 0.00699. The number of carbonyl (C=O) groups is 2. The highest BCUT2D eigenvalue weighted by Crippen LogP contribution is 2.34. The second-order valence-electron chi connectivity index (χ2n) is 7.41. The molecule has 0 unspecified atom stereocenters. The molecular formula is C22H21N5O2. The third kappa shape index (κ3) is 3.69. The highest BCUT2D eigenvalue weighted by Gasteiger charge is 2.30. The maximum absolute atomic E-state index is 12.5. The molecule has 7 nitrogen and oxygen atoms in total. The van der Waals surface area contributed by atoms with E-state index in [1.807, 2.05) is 43.5 Å². The predicted molar refractivity (Wildman–Crippen MR) is 110 cm³/mol. The molecule has 0 radical (unpaired) electrons. The first-order valence-corrected chi connectivity index (χ1v) is 9.50. The summed E-state index contributed by atoms with van der Waals surface area (Å²) >= 11 is 0. The average Bonchev–Trinajstić information content (AvgIpc) is 3.45. The molecule has 2 amide bonds. The third-order valence-electron chi connectivity index (χ3n) is 5.15. The van der Waals surface area contributed by atoms with E-state index in [4.69, 9.17) is 5.26 Å². The first-order valence-electron chi connectivity index (χ1n) is 9.50. The Balaban J connectivity index is 1.72. The summed E-state index contributed by atoms with van der Waals surface area (Å²) < 4.78 is 0. The first kappa shape index (κ1) is 18.7. The van der Waals surface area contributed by atoms with Gasteiger partial charge in [0.05, 0.1) is 6.07 Å². The van der Waals surface area contributed by atoms with Crippen molar-refractivity contribution in [3.05, 3.63) is 47.7 Å². The van der Waals surface area contributed by atoms with Crippen molar-refractivity contribution in [2.45, 2.75) is 19.8 Å². The van der Waals surface area contributed by atoms with Crippen LogP contribution in [0.15, 0.2) is 36.5 Å². The number of nitriles is 1. The third-order valence-corrected chi connectivity index (χ3v) is 5.15. The van der Waals surface area contributed by atoms with Gasteiger partial charge in [-0.05, 0) is 60.7 Å². The second-order valence-corrected chi connectivity index (χ2v) is 7.41. The number of amides is 2. The van der Waals surface area contributed by atoms with Gasteiger partial charge in [-0.1, -0.05) is 6.07 Å². The van der Waals surface area contributed by atoms with E-state index in [0.717, 1.165) is 34.9 Å². The van der Waals surface area contributed by atoms with Crippen LogP contribution in [-0.2, 0) is 4.79 Å². The van der Waals surface area contributed by atoms with E-state index in [-0.39, 0.29) is 24.3 Å². The number of aromatic nitrogens is 2. The molecular weight excluding hydrogens is 366 g/mol. The Labute approximate surface area is 168 Å². The topological polar surface area (TPSA) is 102 Å². The fraction of sp³-hybridized carbons (Fsp3) is 0.273. The Morgan fingerprint density at radius 1 is 1.28 bits per heavy atom. The molecule has 0 saturated heterocycles. The van der Waals surface area contributed by atoms with Crippen LogP contribution < -0.4 is 5.32 Å². The molecule has 2 aromatic heterocycles. The maximum Gasteiger partial charge on any atom is 0.254 e. The number of nitrogens with one attached hydrogen (secondary N) is 2. The van der Waals surface area contributed by atoms with E-state index in [1.165, 1.54) is 4.90 Å². The molecule has 1 fully saturated rings. The monoisotopic (exact) mass is 387 g/mol. The summed E-state index contributed by atoms with van der Waals surface area (Å²) in [6, 6.07) is 11.3. The molecule has 1 aromatic carbocycles. The Kier molecular flexibility index (Phi) is 4.77. The molecule has 3 aromatic rings. The van der Waals surface area contributed by atoms with Crippen LogP contribution in [0, 0.1) is 24.2 Å². The number of carbonyl (C=O) groups excluding carboxylic acids is 2. The van der Waals surface area contributed by atoms with Crippen molar-refractivity contribution in [2.24, 2.45) is 5.92 Å². The second kappa shape index (κ2) is 7.40. The van der Waals surface area contributed by atoms with Crippen LogP contribution in [0.4, 0.5) is 5.82 Å². The van der Waals surface area contributed by atoms with Crippen LogP contribution in [0.1, 0.15) is 28.8 Å². The van der Waals surface area contributed by atoms with Gasteiger partial charge in [0.15, 0.2) is 0 Å². The van der Waals surface area contributed by atoms with Gasteiger partial charge in [0.2, 0.25) is 5.91 Å². The normalized spacial score (nSPS) is 13.1. The van der Waals surface area contributed by atoms with E-state index in [9.17, 15) is 9.59 Å². The van der Waals surface area contributed by atoms with Crippen molar-refractivity contribution in [3.63, 3.8) is 0 Å². The molecule has 2 heterocycles. The van der Waals surface area contributed by atoms with Crippen LogP contribution in [0.3, 0.4) is 0 Å². The SMILES string of the molecule is Cc1cc(C(=O)N(C)CC#N)ccc1-c1cc(NC(=O)C2CC2)nc2[nH]ccc12. The van der Waals surface area contributed by atoms with Crippen LogP contribution in [-0.4, -0.2) is 40.3 Å². The summed E-state index contributed by atoms with van der Waals surface area (Å²) in [5.74, 6) is 0.421. The summed E-state index contributed by atoms with van der Waals surface area (Å²) in [5, 5.41) is 12.7. The summed E-state index contributed by atoms with van der Waals surface area (Å²) in [6.07, 6.45) is 3.67. The van der Waals surface area contributed by atoms with Gasteiger partial charge in [-0.15, -0.1) is 0 Å². The number of hydrogen-bond acceptors (Lipinski definition) is 4. The van der Waals surface area contributed by atoms with E-state index >= 15 is 0 Å². The number of rotatable bonds is 5. The van der Waals surface area contributed by atoms with Gasteiger partial charge in [0.1, 0.15) is 18.0 Å². The summed E-state index contributed by atoms with van der Waals surface area (Å²) in [7, 11) is 1.61. The Morgan fingerprint density at radius 2 is 2.07 bits per heavy atom. The largest absolute Gasteiger partial charge is 0.346 e. The molecule has 0 bridgehead atoms. The minimum Gasteiger partial charge on any atom is -0.346 e. The number of aryl methyl sites for hydroxylation is 1. The Hall–Kier alpha value is -3.66. The molecule has 2 N–H and O–H groups in total.